The molecule has 1 aliphatic heterocycles. The Morgan fingerprint density at radius 3 is 2.70 bits per heavy atom. The molecule has 1 heterocycles. The fourth-order valence-corrected chi connectivity index (χ4v) is 6.80. The molecule has 0 aromatic carbocycles. The Balaban J connectivity index is 1.66. The molecule has 0 saturated heterocycles. The van der Waals surface area contributed by atoms with E-state index >= 15 is 0 Å². The molecule has 126 valence electrons. The molecule has 0 spiro atoms. The smallest absolute Gasteiger partial charge is 0.243 e. The molecule has 0 bridgehead atoms. The zero-order valence-corrected chi connectivity index (χ0v) is 14.2. The van der Waals surface area contributed by atoms with Gasteiger partial charge in [0.1, 0.15) is 0 Å². The van der Waals surface area contributed by atoms with Crippen molar-refractivity contribution >= 4 is 11.8 Å². The summed E-state index contributed by atoms with van der Waals surface area (Å²) < 4.78 is 0. The summed E-state index contributed by atoms with van der Waals surface area (Å²) in [5.74, 6) is 1.91. The molecule has 4 rings (SSSR count). The number of amides is 2. The number of carbonyl (C=O) groups is 2. The molecule has 4 heteroatoms. The highest BCUT2D eigenvalue weighted by atomic mass is 16.2. The van der Waals surface area contributed by atoms with Crippen LogP contribution in [0.1, 0.15) is 52.4 Å². The normalized spacial score (nSPS) is 51.4. The van der Waals surface area contributed by atoms with E-state index in [2.05, 4.69) is 25.2 Å². The van der Waals surface area contributed by atoms with Gasteiger partial charge in [0, 0.05) is 17.4 Å². The molecule has 5 unspecified atom stereocenters. The second-order valence-electron chi connectivity index (χ2n) is 8.79. The van der Waals surface area contributed by atoms with Crippen molar-refractivity contribution in [1.29, 1.82) is 0 Å². The predicted molar refractivity (Wildman–Crippen MR) is 88.1 cm³/mol. The number of primary amides is 1. The molecule has 23 heavy (non-hydrogen) atoms. The molecule has 0 radical (unpaired) electrons. The average molecular weight is 316 g/mol. The summed E-state index contributed by atoms with van der Waals surface area (Å²) in [7, 11) is 0. The van der Waals surface area contributed by atoms with Gasteiger partial charge < -0.3 is 11.1 Å². The summed E-state index contributed by atoms with van der Waals surface area (Å²) in [4.78, 5) is 23.6. The molecular formula is C19H28N2O2. The van der Waals surface area contributed by atoms with E-state index in [1.165, 1.54) is 6.42 Å². The lowest BCUT2D eigenvalue weighted by Crippen LogP contribution is -2.59. The van der Waals surface area contributed by atoms with Crippen molar-refractivity contribution < 1.29 is 9.59 Å². The van der Waals surface area contributed by atoms with Gasteiger partial charge >= 0.3 is 0 Å². The maximum Gasteiger partial charge on any atom is 0.243 e. The fraction of sp³-hybridized carbons (Fsp3) is 0.789. The van der Waals surface area contributed by atoms with Crippen LogP contribution in [-0.4, -0.2) is 17.9 Å². The van der Waals surface area contributed by atoms with Crippen molar-refractivity contribution in [2.75, 3.05) is 0 Å². The maximum atomic E-state index is 11.9. The molecule has 0 aromatic heterocycles. The molecule has 0 aromatic rings. The van der Waals surface area contributed by atoms with E-state index in [9.17, 15) is 9.59 Å². The van der Waals surface area contributed by atoms with Crippen LogP contribution < -0.4 is 11.1 Å². The van der Waals surface area contributed by atoms with Crippen LogP contribution in [0, 0.1) is 34.5 Å². The van der Waals surface area contributed by atoms with Crippen molar-refractivity contribution in [1.82, 2.24) is 5.32 Å². The van der Waals surface area contributed by atoms with E-state index in [1.54, 1.807) is 6.08 Å². The van der Waals surface area contributed by atoms with Gasteiger partial charge in [0.2, 0.25) is 11.8 Å². The molecule has 3 fully saturated rings. The van der Waals surface area contributed by atoms with Gasteiger partial charge in [-0.25, -0.2) is 0 Å². The van der Waals surface area contributed by atoms with Crippen molar-refractivity contribution in [3.05, 3.63) is 12.2 Å². The number of hydrogen-bond donors (Lipinski definition) is 2. The summed E-state index contributed by atoms with van der Waals surface area (Å²) >= 11 is 0. The lowest BCUT2D eigenvalue weighted by molar-refractivity contribution is -0.131. The van der Waals surface area contributed by atoms with Crippen LogP contribution in [0.4, 0.5) is 0 Å². The Morgan fingerprint density at radius 2 is 1.96 bits per heavy atom. The van der Waals surface area contributed by atoms with E-state index in [4.69, 9.17) is 5.73 Å². The van der Waals surface area contributed by atoms with Crippen LogP contribution in [0.5, 0.6) is 0 Å². The van der Waals surface area contributed by atoms with Gasteiger partial charge in [-0.05, 0) is 67.8 Å². The summed E-state index contributed by atoms with van der Waals surface area (Å²) in [5, 5.41) is 3.19. The second-order valence-corrected chi connectivity index (χ2v) is 8.79. The quantitative estimate of drug-likeness (QED) is 0.779. The van der Waals surface area contributed by atoms with Crippen LogP contribution in [0.25, 0.3) is 0 Å². The third-order valence-electron chi connectivity index (χ3n) is 8.03. The molecule has 7 atom stereocenters. The first kappa shape index (κ1) is 15.2. The number of nitrogens with one attached hydrogen (secondary N) is 1. The highest BCUT2D eigenvalue weighted by molar-refractivity contribution is 5.89. The van der Waals surface area contributed by atoms with Gasteiger partial charge in [-0.2, -0.15) is 0 Å². The second kappa shape index (κ2) is 4.84. The van der Waals surface area contributed by atoms with Crippen molar-refractivity contribution in [2.45, 2.75) is 58.4 Å². The highest BCUT2D eigenvalue weighted by Crippen LogP contribution is 2.64. The van der Waals surface area contributed by atoms with Gasteiger partial charge in [0.05, 0.1) is 0 Å². The molecule has 4 aliphatic rings. The summed E-state index contributed by atoms with van der Waals surface area (Å²) in [6.45, 7) is 4.64. The largest absolute Gasteiger partial charge is 0.369 e. The molecular weight excluding hydrogens is 288 g/mol. The lowest BCUT2D eigenvalue weighted by atomic mass is 9.48. The topological polar surface area (TPSA) is 72.2 Å². The monoisotopic (exact) mass is 316 g/mol. The molecule has 3 saturated carbocycles. The first-order chi connectivity index (χ1) is 10.9. The van der Waals surface area contributed by atoms with Crippen LogP contribution in [0.3, 0.4) is 0 Å². The Labute approximate surface area is 138 Å². The number of rotatable bonds is 1. The van der Waals surface area contributed by atoms with Gasteiger partial charge in [0.15, 0.2) is 0 Å². The van der Waals surface area contributed by atoms with Gasteiger partial charge in [-0.15, -0.1) is 0 Å². The molecule has 3 N–H and O–H groups in total. The maximum absolute atomic E-state index is 11.9. The lowest BCUT2D eigenvalue weighted by Gasteiger charge is -2.58. The number of hydrogen-bond acceptors (Lipinski definition) is 2. The number of fused-ring (bicyclic) bond motifs is 5. The zero-order valence-electron chi connectivity index (χ0n) is 14.2. The molecule has 4 nitrogen and oxygen atoms in total. The van der Waals surface area contributed by atoms with Crippen molar-refractivity contribution in [2.24, 2.45) is 40.2 Å². The predicted octanol–water partition coefficient (Wildman–Crippen LogP) is 2.39. The summed E-state index contributed by atoms with van der Waals surface area (Å²) in [5.41, 5.74) is 5.88. The number of nitrogens with two attached hydrogens (primary N) is 1. The first-order valence-corrected chi connectivity index (χ1v) is 9.15. The Bertz CT molecular complexity index is 586. The Kier molecular flexibility index (Phi) is 3.20. The molecule has 3 aliphatic carbocycles. The SMILES string of the molecule is C[C@]12C=CC(=O)NC1CCC1C2CC[C@]2(C)C(C(N)=O)CCC12. The van der Waals surface area contributed by atoms with Crippen LogP contribution in [0.15, 0.2) is 12.2 Å². The van der Waals surface area contributed by atoms with Crippen molar-refractivity contribution in [3.63, 3.8) is 0 Å². The van der Waals surface area contributed by atoms with E-state index in [0.29, 0.717) is 17.8 Å². The van der Waals surface area contributed by atoms with E-state index in [-0.39, 0.29) is 34.6 Å². The number of carbonyl (C=O) groups excluding carboxylic acids is 2. The Morgan fingerprint density at radius 1 is 1.17 bits per heavy atom. The zero-order chi connectivity index (χ0) is 16.4. The van der Waals surface area contributed by atoms with Crippen LogP contribution >= 0.6 is 0 Å². The van der Waals surface area contributed by atoms with E-state index in [1.807, 2.05) is 0 Å². The third kappa shape index (κ3) is 1.96. The van der Waals surface area contributed by atoms with Gasteiger partial charge in [0.25, 0.3) is 0 Å². The highest BCUT2D eigenvalue weighted by Gasteiger charge is 2.60. The van der Waals surface area contributed by atoms with Crippen LogP contribution in [0.2, 0.25) is 0 Å². The standard InChI is InChI=1S/C19H28N2O2/c1-18-9-7-13-11(12(18)4-5-14(18)17(20)23)3-6-15-19(13,2)10-8-16(22)21-15/h8,10-15H,3-7,9H2,1-2H3,(H2,20,23)(H,21,22)/t11?,12?,13?,14?,15?,18-,19+/m0/s1. The average Bonchev–Trinajstić information content (AvgIpc) is 2.85. The minimum Gasteiger partial charge on any atom is -0.369 e. The summed E-state index contributed by atoms with van der Waals surface area (Å²) in [6.07, 6.45) is 10.5. The van der Waals surface area contributed by atoms with E-state index < -0.39 is 0 Å². The Hall–Kier alpha value is -1.32. The minimum absolute atomic E-state index is 0.0561. The first-order valence-electron chi connectivity index (χ1n) is 9.15. The summed E-state index contributed by atoms with van der Waals surface area (Å²) in [6, 6.07) is 0.277. The fourth-order valence-electron chi connectivity index (χ4n) is 6.80. The van der Waals surface area contributed by atoms with E-state index in [0.717, 1.165) is 32.1 Å². The van der Waals surface area contributed by atoms with Gasteiger partial charge in [-0.1, -0.05) is 19.9 Å². The van der Waals surface area contributed by atoms with Crippen molar-refractivity contribution in [3.8, 4) is 0 Å². The van der Waals surface area contributed by atoms with Gasteiger partial charge in [-0.3, -0.25) is 9.59 Å². The van der Waals surface area contributed by atoms with Crippen LogP contribution in [-0.2, 0) is 9.59 Å². The molecule has 2 amide bonds. The minimum atomic E-state index is -0.0989. The third-order valence-corrected chi connectivity index (χ3v) is 8.03.